The quantitative estimate of drug-likeness (QED) is 0.619. The molecule has 0 bridgehead atoms. The Bertz CT molecular complexity index is 694. The van der Waals surface area contributed by atoms with Gasteiger partial charge in [0.15, 0.2) is 5.78 Å². The number of carbonyl (C=O) groups excluding carboxylic acids is 1. The van der Waals surface area contributed by atoms with Crippen LogP contribution in [-0.4, -0.2) is 5.78 Å². The fourth-order valence-electron chi connectivity index (χ4n) is 2.80. The molecule has 112 valence electrons. The number of benzene rings is 2. The second kappa shape index (κ2) is 4.98. The number of Topliss-reactive ketones (excluding diaryl/α,β-unsaturated/α-hetero) is 1. The van der Waals surface area contributed by atoms with Crippen molar-refractivity contribution in [2.45, 2.75) is 59.3 Å². The first-order valence-corrected chi connectivity index (χ1v) is 7.60. The van der Waals surface area contributed by atoms with Gasteiger partial charge >= 0.3 is 0 Å². The molecule has 0 saturated heterocycles. The summed E-state index contributed by atoms with van der Waals surface area (Å²) in [5.74, 6) is 0.147. The fraction of sp³-hybridized carbons (Fsp3) is 0.450. The number of carbonyl (C=O) groups is 1. The zero-order valence-electron chi connectivity index (χ0n) is 14.3. The Morgan fingerprint density at radius 3 is 1.95 bits per heavy atom. The van der Waals surface area contributed by atoms with Crippen molar-refractivity contribution in [2.24, 2.45) is 0 Å². The van der Waals surface area contributed by atoms with Crippen LogP contribution in [0.1, 0.15) is 70.0 Å². The molecule has 0 amide bonds. The molecule has 0 aliphatic rings. The summed E-state index contributed by atoms with van der Waals surface area (Å²) < 4.78 is 0. The first kappa shape index (κ1) is 15.8. The van der Waals surface area contributed by atoms with Gasteiger partial charge < -0.3 is 0 Å². The molecule has 0 aliphatic carbocycles. The third kappa shape index (κ3) is 3.02. The van der Waals surface area contributed by atoms with Gasteiger partial charge in [-0.25, -0.2) is 0 Å². The van der Waals surface area contributed by atoms with Crippen LogP contribution in [-0.2, 0) is 10.8 Å². The largest absolute Gasteiger partial charge is 0.294 e. The third-order valence-electron chi connectivity index (χ3n) is 4.05. The van der Waals surface area contributed by atoms with Gasteiger partial charge in [-0.2, -0.15) is 0 Å². The number of hydrogen-bond donors (Lipinski definition) is 0. The lowest BCUT2D eigenvalue weighted by Gasteiger charge is -2.24. The number of hydrogen-bond acceptors (Lipinski definition) is 1. The monoisotopic (exact) mass is 282 g/mol. The van der Waals surface area contributed by atoms with E-state index in [4.69, 9.17) is 0 Å². The molecule has 2 rings (SSSR count). The molecule has 0 saturated carbocycles. The van der Waals surface area contributed by atoms with E-state index in [0.717, 1.165) is 21.9 Å². The smallest absolute Gasteiger partial charge is 0.160 e. The maximum Gasteiger partial charge on any atom is 0.160 e. The van der Waals surface area contributed by atoms with Gasteiger partial charge in [-0.3, -0.25) is 4.79 Å². The Morgan fingerprint density at radius 1 is 0.857 bits per heavy atom. The lowest BCUT2D eigenvalue weighted by molar-refractivity contribution is 0.101. The molecular formula is C20H26O. The summed E-state index contributed by atoms with van der Waals surface area (Å²) in [6.07, 6.45) is 0. The summed E-state index contributed by atoms with van der Waals surface area (Å²) >= 11 is 0. The number of fused-ring (bicyclic) bond motifs is 1. The summed E-state index contributed by atoms with van der Waals surface area (Å²) in [7, 11) is 0. The predicted octanol–water partition coefficient (Wildman–Crippen LogP) is 5.64. The minimum absolute atomic E-state index is 0.0299. The van der Waals surface area contributed by atoms with Crippen molar-refractivity contribution in [2.75, 3.05) is 0 Å². The highest BCUT2D eigenvalue weighted by Crippen LogP contribution is 2.34. The van der Waals surface area contributed by atoms with Crippen LogP contribution in [0.15, 0.2) is 30.3 Å². The Hall–Kier alpha value is -1.63. The molecule has 21 heavy (non-hydrogen) atoms. The maximum absolute atomic E-state index is 12.2. The normalized spacial score (nSPS) is 12.7. The van der Waals surface area contributed by atoms with Crippen molar-refractivity contribution in [1.82, 2.24) is 0 Å². The molecule has 0 heterocycles. The fourth-order valence-corrected chi connectivity index (χ4v) is 2.80. The van der Waals surface area contributed by atoms with Crippen LogP contribution in [0, 0.1) is 0 Å². The topological polar surface area (TPSA) is 17.1 Å². The predicted molar refractivity (Wildman–Crippen MR) is 91.4 cm³/mol. The SMILES string of the molecule is CC(=O)c1c(C(C)(C)C)ccc2cc(C(C)(C)C)ccc12. The van der Waals surface area contributed by atoms with Crippen molar-refractivity contribution < 1.29 is 4.79 Å². The highest BCUT2D eigenvalue weighted by Gasteiger charge is 2.22. The second-order valence-electron chi connectivity index (χ2n) is 7.98. The standard InChI is InChI=1S/C20H26O/c1-13(21)18-16-10-9-15(19(2,3)4)12-14(16)8-11-17(18)20(5,6)7/h8-12H,1-7H3. The Morgan fingerprint density at radius 2 is 1.48 bits per heavy atom. The van der Waals surface area contributed by atoms with E-state index >= 15 is 0 Å². The molecule has 0 fully saturated rings. The molecular weight excluding hydrogens is 256 g/mol. The molecule has 0 atom stereocenters. The zero-order chi connectivity index (χ0) is 16.0. The molecule has 1 nitrogen and oxygen atoms in total. The van der Waals surface area contributed by atoms with E-state index in [-0.39, 0.29) is 16.6 Å². The zero-order valence-corrected chi connectivity index (χ0v) is 14.3. The molecule has 2 aromatic rings. The molecule has 0 N–H and O–H groups in total. The van der Waals surface area contributed by atoms with Crippen LogP contribution in [0.25, 0.3) is 10.8 Å². The van der Waals surface area contributed by atoms with Gasteiger partial charge in [-0.15, -0.1) is 0 Å². The van der Waals surface area contributed by atoms with E-state index in [9.17, 15) is 4.79 Å². The molecule has 0 unspecified atom stereocenters. The van der Waals surface area contributed by atoms with Crippen LogP contribution in [0.5, 0.6) is 0 Å². The van der Waals surface area contributed by atoms with Crippen LogP contribution < -0.4 is 0 Å². The first-order chi connectivity index (χ1) is 9.51. The molecule has 0 radical (unpaired) electrons. The molecule has 1 heteroatoms. The van der Waals surface area contributed by atoms with E-state index < -0.39 is 0 Å². The Labute approximate surface area is 128 Å². The average Bonchev–Trinajstić information content (AvgIpc) is 2.34. The van der Waals surface area contributed by atoms with Gasteiger partial charge in [0.05, 0.1) is 0 Å². The van der Waals surface area contributed by atoms with Crippen molar-refractivity contribution in [3.8, 4) is 0 Å². The van der Waals surface area contributed by atoms with Crippen molar-refractivity contribution in [3.05, 3.63) is 47.0 Å². The van der Waals surface area contributed by atoms with Crippen molar-refractivity contribution in [1.29, 1.82) is 0 Å². The molecule has 0 aromatic heterocycles. The average molecular weight is 282 g/mol. The molecule has 0 spiro atoms. The van der Waals surface area contributed by atoms with E-state index in [1.54, 1.807) is 6.92 Å². The van der Waals surface area contributed by atoms with E-state index in [1.807, 2.05) is 0 Å². The van der Waals surface area contributed by atoms with Gasteiger partial charge in [-0.1, -0.05) is 71.9 Å². The number of ketones is 1. The lowest BCUT2D eigenvalue weighted by Crippen LogP contribution is -2.16. The summed E-state index contributed by atoms with van der Waals surface area (Å²) in [5.41, 5.74) is 3.39. The van der Waals surface area contributed by atoms with Gasteiger partial charge in [-0.05, 0) is 39.7 Å². The minimum Gasteiger partial charge on any atom is -0.294 e. The van der Waals surface area contributed by atoms with E-state index in [1.165, 1.54) is 5.56 Å². The van der Waals surface area contributed by atoms with E-state index in [0.29, 0.717) is 0 Å². The van der Waals surface area contributed by atoms with Crippen LogP contribution in [0.3, 0.4) is 0 Å². The highest BCUT2D eigenvalue weighted by atomic mass is 16.1. The summed E-state index contributed by atoms with van der Waals surface area (Å²) in [6, 6.07) is 10.8. The summed E-state index contributed by atoms with van der Waals surface area (Å²) in [4.78, 5) is 12.2. The van der Waals surface area contributed by atoms with Crippen molar-refractivity contribution in [3.63, 3.8) is 0 Å². The maximum atomic E-state index is 12.2. The Kier molecular flexibility index (Phi) is 3.73. The lowest BCUT2D eigenvalue weighted by atomic mass is 9.79. The van der Waals surface area contributed by atoms with E-state index in [2.05, 4.69) is 71.9 Å². The molecule has 2 aromatic carbocycles. The minimum atomic E-state index is -0.0299. The van der Waals surface area contributed by atoms with Gasteiger partial charge in [0.2, 0.25) is 0 Å². The third-order valence-corrected chi connectivity index (χ3v) is 4.05. The Balaban J connectivity index is 2.80. The molecule has 0 aliphatic heterocycles. The highest BCUT2D eigenvalue weighted by molar-refractivity contribution is 6.08. The van der Waals surface area contributed by atoms with Gasteiger partial charge in [0.25, 0.3) is 0 Å². The van der Waals surface area contributed by atoms with Crippen molar-refractivity contribution >= 4 is 16.6 Å². The van der Waals surface area contributed by atoms with Crippen LogP contribution in [0.4, 0.5) is 0 Å². The van der Waals surface area contributed by atoms with Crippen LogP contribution >= 0.6 is 0 Å². The second-order valence-corrected chi connectivity index (χ2v) is 7.98. The number of rotatable bonds is 1. The first-order valence-electron chi connectivity index (χ1n) is 7.60. The summed E-state index contributed by atoms with van der Waals surface area (Å²) in [5, 5.41) is 2.23. The van der Waals surface area contributed by atoms with Gasteiger partial charge in [0, 0.05) is 5.56 Å². The van der Waals surface area contributed by atoms with Crippen LogP contribution in [0.2, 0.25) is 0 Å². The van der Waals surface area contributed by atoms with Gasteiger partial charge in [0.1, 0.15) is 0 Å². The summed E-state index contributed by atoms with van der Waals surface area (Å²) in [6.45, 7) is 14.8.